The van der Waals surface area contributed by atoms with Crippen molar-refractivity contribution in [3.05, 3.63) is 40.7 Å². The quantitative estimate of drug-likeness (QED) is 0.418. The highest BCUT2D eigenvalue weighted by atomic mass is 32.2. The van der Waals surface area contributed by atoms with E-state index < -0.39 is 12.1 Å². The van der Waals surface area contributed by atoms with Crippen molar-refractivity contribution in [2.75, 3.05) is 19.0 Å². The van der Waals surface area contributed by atoms with Gasteiger partial charge in [0, 0.05) is 16.2 Å². The van der Waals surface area contributed by atoms with Gasteiger partial charge in [-0.05, 0) is 51.5 Å². The van der Waals surface area contributed by atoms with Gasteiger partial charge in [-0.3, -0.25) is 14.4 Å². The lowest BCUT2D eigenvalue weighted by molar-refractivity contribution is -0.143. The number of ether oxygens (including phenoxy) is 3. The minimum atomic E-state index is -0.958. The summed E-state index contributed by atoms with van der Waals surface area (Å²) in [5.41, 5.74) is 2.01. The molecular formula is C21H23NO6S. The van der Waals surface area contributed by atoms with Crippen LogP contribution in [0.1, 0.15) is 46.0 Å². The van der Waals surface area contributed by atoms with Gasteiger partial charge in [-0.25, -0.2) is 0 Å². The Balaban J connectivity index is 1.58. The number of rotatable bonds is 7. The average Bonchev–Trinajstić information content (AvgIpc) is 2.99. The van der Waals surface area contributed by atoms with Crippen LogP contribution in [-0.2, 0) is 9.53 Å². The van der Waals surface area contributed by atoms with Crippen molar-refractivity contribution in [2.45, 2.75) is 38.7 Å². The van der Waals surface area contributed by atoms with Crippen LogP contribution in [0.2, 0.25) is 0 Å². The summed E-state index contributed by atoms with van der Waals surface area (Å²) < 4.78 is 16.3. The molecule has 1 N–H and O–H groups in total. The number of hydrogen-bond donors (Lipinski definition) is 1. The van der Waals surface area contributed by atoms with Gasteiger partial charge in [-0.15, -0.1) is 11.8 Å². The molecule has 1 aliphatic rings. The average molecular weight is 417 g/mol. The Morgan fingerprint density at radius 1 is 1.17 bits per heavy atom. The van der Waals surface area contributed by atoms with Crippen molar-refractivity contribution in [1.82, 2.24) is 4.98 Å². The summed E-state index contributed by atoms with van der Waals surface area (Å²) in [5.74, 6) is 0.407. The van der Waals surface area contributed by atoms with Crippen molar-refractivity contribution >= 4 is 29.3 Å². The minimum Gasteiger partial charge on any atom is -0.486 e. The number of aromatic amines is 1. The molecule has 0 saturated heterocycles. The lowest BCUT2D eigenvalue weighted by atomic mass is 10.0. The number of nitrogens with one attached hydrogen (secondary N) is 1. The topological polar surface area (TPSA) is 94.7 Å². The predicted molar refractivity (Wildman–Crippen MR) is 108 cm³/mol. The van der Waals surface area contributed by atoms with Gasteiger partial charge in [0.1, 0.15) is 13.2 Å². The second-order valence-corrected chi connectivity index (χ2v) is 7.82. The largest absolute Gasteiger partial charge is 0.486 e. The monoisotopic (exact) mass is 417 g/mol. The van der Waals surface area contributed by atoms with E-state index in [4.69, 9.17) is 14.2 Å². The third-order valence-electron chi connectivity index (χ3n) is 4.58. The molecule has 29 heavy (non-hydrogen) atoms. The first-order valence-corrected chi connectivity index (χ1v) is 10.2. The van der Waals surface area contributed by atoms with Gasteiger partial charge in [-0.1, -0.05) is 0 Å². The van der Waals surface area contributed by atoms with Crippen LogP contribution >= 0.6 is 11.8 Å². The molecule has 0 radical (unpaired) electrons. The maximum absolute atomic E-state index is 12.7. The molecule has 0 amide bonds. The van der Waals surface area contributed by atoms with E-state index in [9.17, 15) is 14.4 Å². The van der Waals surface area contributed by atoms with Crippen LogP contribution in [-0.4, -0.2) is 47.6 Å². The van der Waals surface area contributed by atoms with Crippen LogP contribution in [0.5, 0.6) is 11.5 Å². The first-order valence-electron chi connectivity index (χ1n) is 9.24. The molecule has 0 spiro atoms. The number of thioether (sulfide) groups is 1. The maximum atomic E-state index is 12.7. The predicted octanol–water partition coefficient (Wildman–Crippen LogP) is 3.51. The van der Waals surface area contributed by atoms with Crippen LogP contribution in [0.25, 0.3) is 0 Å². The second kappa shape index (κ2) is 8.73. The molecule has 3 rings (SSSR count). The fourth-order valence-corrected chi connectivity index (χ4v) is 3.98. The number of aromatic nitrogens is 1. The number of carbonyl (C=O) groups excluding carboxylic acids is 3. The Morgan fingerprint density at radius 3 is 2.52 bits per heavy atom. The number of hydrogen-bond acceptors (Lipinski definition) is 7. The zero-order valence-electron chi connectivity index (χ0n) is 16.8. The zero-order chi connectivity index (χ0) is 21.1. The Bertz CT molecular complexity index is 964. The molecule has 8 heteroatoms. The summed E-state index contributed by atoms with van der Waals surface area (Å²) in [6.45, 7) is 7.44. The molecule has 0 unspecified atom stereocenters. The maximum Gasteiger partial charge on any atom is 0.316 e. The number of fused-ring (bicyclic) bond motifs is 1. The molecule has 154 valence electrons. The van der Waals surface area contributed by atoms with Crippen LogP contribution in [0.15, 0.2) is 23.1 Å². The summed E-state index contributed by atoms with van der Waals surface area (Å²) in [6, 6.07) is 5.46. The van der Waals surface area contributed by atoms with Gasteiger partial charge in [-0.2, -0.15) is 0 Å². The summed E-state index contributed by atoms with van der Waals surface area (Å²) in [7, 11) is 0. The Kier molecular flexibility index (Phi) is 6.32. The van der Waals surface area contributed by atoms with Gasteiger partial charge in [0.2, 0.25) is 5.78 Å². The fraction of sp³-hybridized carbons (Fsp3) is 0.381. The number of benzene rings is 1. The van der Waals surface area contributed by atoms with Gasteiger partial charge in [0.15, 0.2) is 23.4 Å². The lowest BCUT2D eigenvalue weighted by Crippen LogP contribution is -2.26. The standard InChI is InChI=1S/C21H23NO6S/c1-11-19(13(3)23)12(2)22-20(11)21(25)14(4)28-18(24)10-29-15-5-6-16-17(9-15)27-8-7-26-16/h5-6,9,14,22H,7-8,10H2,1-4H3/t14-/m0/s1. The molecule has 1 aromatic heterocycles. The highest BCUT2D eigenvalue weighted by molar-refractivity contribution is 8.00. The molecule has 2 aromatic rings. The third-order valence-corrected chi connectivity index (χ3v) is 5.55. The number of carbonyl (C=O) groups is 3. The van der Waals surface area contributed by atoms with Gasteiger partial charge < -0.3 is 19.2 Å². The normalized spacial score (nSPS) is 13.7. The molecule has 2 heterocycles. The number of H-pyrrole nitrogens is 1. The molecule has 1 aromatic carbocycles. The Morgan fingerprint density at radius 2 is 1.86 bits per heavy atom. The fourth-order valence-electron chi connectivity index (χ4n) is 3.27. The first kappa shape index (κ1) is 21.0. The Labute approximate surface area is 173 Å². The van der Waals surface area contributed by atoms with E-state index in [0.29, 0.717) is 47.2 Å². The third kappa shape index (κ3) is 4.64. The number of Topliss-reactive ketones (excluding diaryl/α,β-unsaturated/α-hetero) is 2. The molecule has 0 aliphatic carbocycles. The van der Waals surface area contributed by atoms with E-state index in [1.54, 1.807) is 19.9 Å². The first-order chi connectivity index (χ1) is 13.8. The number of ketones is 2. The molecule has 0 saturated carbocycles. The lowest BCUT2D eigenvalue weighted by Gasteiger charge is -2.18. The van der Waals surface area contributed by atoms with Crippen LogP contribution in [0.4, 0.5) is 0 Å². The van der Waals surface area contributed by atoms with Crippen molar-refractivity contribution in [3.63, 3.8) is 0 Å². The molecule has 1 atom stereocenters. The van der Waals surface area contributed by atoms with E-state index in [0.717, 1.165) is 4.90 Å². The van der Waals surface area contributed by atoms with Crippen molar-refractivity contribution < 1.29 is 28.6 Å². The highest BCUT2D eigenvalue weighted by Crippen LogP contribution is 2.34. The summed E-state index contributed by atoms with van der Waals surface area (Å²) >= 11 is 1.29. The molecule has 7 nitrogen and oxygen atoms in total. The van der Waals surface area contributed by atoms with Crippen molar-refractivity contribution in [2.24, 2.45) is 0 Å². The molecule has 0 bridgehead atoms. The van der Waals surface area contributed by atoms with E-state index in [1.807, 2.05) is 12.1 Å². The zero-order valence-corrected chi connectivity index (χ0v) is 17.6. The van der Waals surface area contributed by atoms with Crippen LogP contribution < -0.4 is 9.47 Å². The van der Waals surface area contributed by atoms with Gasteiger partial charge >= 0.3 is 5.97 Å². The minimum absolute atomic E-state index is 0.0543. The second-order valence-electron chi connectivity index (χ2n) is 6.77. The van der Waals surface area contributed by atoms with Gasteiger partial charge in [0.25, 0.3) is 0 Å². The smallest absolute Gasteiger partial charge is 0.316 e. The van der Waals surface area contributed by atoms with E-state index in [-0.39, 0.29) is 17.3 Å². The molecular weight excluding hydrogens is 394 g/mol. The molecule has 1 aliphatic heterocycles. The van der Waals surface area contributed by atoms with E-state index in [2.05, 4.69) is 4.98 Å². The summed E-state index contributed by atoms with van der Waals surface area (Å²) in [5, 5.41) is 0. The van der Waals surface area contributed by atoms with Gasteiger partial charge in [0.05, 0.1) is 11.4 Å². The van der Waals surface area contributed by atoms with E-state index >= 15 is 0 Å². The SMILES string of the molecule is CC(=O)c1c(C)[nH]c(C(=O)[C@H](C)OC(=O)CSc2ccc3c(c2)OCCO3)c1C. The Hall–Kier alpha value is -2.74. The van der Waals surface area contributed by atoms with Crippen LogP contribution in [0.3, 0.4) is 0 Å². The van der Waals surface area contributed by atoms with E-state index in [1.165, 1.54) is 25.6 Å². The van der Waals surface area contributed by atoms with Crippen LogP contribution in [0, 0.1) is 13.8 Å². The number of esters is 1. The summed E-state index contributed by atoms with van der Waals surface area (Å²) in [4.78, 5) is 40.4. The molecule has 0 fully saturated rings. The number of aryl methyl sites for hydroxylation is 1. The van der Waals surface area contributed by atoms with Crippen molar-refractivity contribution in [1.29, 1.82) is 0 Å². The summed E-state index contributed by atoms with van der Waals surface area (Å²) in [6.07, 6.45) is -0.958. The highest BCUT2D eigenvalue weighted by Gasteiger charge is 2.26. The van der Waals surface area contributed by atoms with Crippen molar-refractivity contribution in [3.8, 4) is 11.5 Å².